The van der Waals surface area contributed by atoms with Crippen LogP contribution in [0.4, 0.5) is 5.69 Å². The van der Waals surface area contributed by atoms with Crippen LogP contribution in [0, 0.1) is 6.92 Å². The van der Waals surface area contributed by atoms with Crippen LogP contribution in [0.2, 0.25) is 0 Å². The zero-order chi connectivity index (χ0) is 18.2. The summed E-state index contributed by atoms with van der Waals surface area (Å²) in [6, 6.07) is 11.4. The Morgan fingerprint density at radius 3 is 2.28 bits per heavy atom. The fourth-order valence-electron chi connectivity index (χ4n) is 2.18. The SMILES string of the molecule is COc1cc(OC)c(OC)cc1/C=N\NC(=S)Nc1ccccc1C. The van der Waals surface area contributed by atoms with Crippen LogP contribution in [0.3, 0.4) is 0 Å². The first-order valence-electron chi connectivity index (χ1n) is 7.54. The number of hydrogen-bond acceptors (Lipinski definition) is 5. The Kier molecular flexibility index (Phi) is 6.59. The summed E-state index contributed by atoms with van der Waals surface area (Å²) in [6.07, 6.45) is 1.60. The van der Waals surface area contributed by atoms with Gasteiger partial charge in [0, 0.05) is 17.3 Å². The number of ether oxygens (including phenoxy) is 3. The number of thiocarbonyl (C=S) groups is 1. The molecule has 0 bridgehead atoms. The van der Waals surface area contributed by atoms with Crippen LogP contribution in [0.1, 0.15) is 11.1 Å². The lowest BCUT2D eigenvalue weighted by atomic mass is 10.2. The van der Waals surface area contributed by atoms with Crippen molar-refractivity contribution >= 4 is 29.2 Å². The van der Waals surface area contributed by atoms with Crippen molar-refractivity contribution in [3.05, 3.63) is 47.5 Å². The number of aryl methyl sites for hydroxylation is 1. The van der Waals surface area contributed by atoms with Crippen LogP contribution >= 0.6 is 12.2 Å². The van der Waals surface area contributed by atoms with Gasteiger partial charge in [-0.3, -0.25) is 5.43 Å². The molecular formula is C18H21N3O3S. The second-order valence-electron chi connectivity index (χ2n) is 5.09. The molecule has 2 aromatic carbocycles. The van der Waals surface area contributed by atoms with Crippen molar-refractivity contribution in [2.45, 2.75) is 6.92 Å². The van der Waals surface area contributed by atoms with Crippen molar-refractivity contribution in [3.8, 4) is 17.2 Å². The first-order chi connectivity index (χ1) is 12.1. The smallest absolute Gasteiger partial charge is 0.191 e. The molecule has 0 atom stereocenters. The summed E-state index contributed by atoms with van der Waals surface area (Å²) in [5, 5.41) is 7.64. The highest BCUT2D eigenvalue weighted by Crippen LogP contribution is 2.33. The second-order valence-corrected chi connectivity index (χ2v) is 5.50. The van der Waals surface area contributed by atoms with Crippen molar-refractivity contribution in [2.24, 2.45) is 5.10 Å². The summed E-state index contributed by atoms with van der Waals surface area (Å²) in [5.74, 6) is 1.78. The van der Waals surface area contributed by atoms with E-state index in [4.69, 9.17) is 26.4 Å². The molecule has 0 heterocycles. The standard InChI is InChI=1S/C18H21N3O3S/c1-12-7-5-6-8-14(12)20-18(25)21-19-11-13-9-16(23-3)17(24-4)10-15(13)22-2/h5-11H,1-4H3,(H2,20,21,25)/b19-11-. The van der Waals surface area contributed by atoms with E-state index in [1.165, 1.54) is 0 Å². The van der Waals surface area contributed by atoms with Gasteiger partial charge in [-0.05, 0) is 36.8 Å². The minimum absolute atomic E-state index is 0.394. The van der Waals surface area contributed by atoms with Crippen molar-refractivity contribution in [3.63, 3.8) is 0 Å². The molecule has 0 aromatic heterocycles. The molecule has 0 amide bonds. The molecule has 132 valence electrons. The third-order valence-electron chi connectivity index (χ3n) is 3.50. The van der Waals surface area contributed by atoms with E-state index in [0.29, 0.717) is 22.4 Å². The molecule has 0 unspecified atom stereocenters. The van der Waals surface area contributed by atoms with E-state index in [-0.39, 0.29) is 0 Å². The number of anilines is 1. The normalized spacial score (nSPS) is 10.4. The highest BCUT2D eigenvalue weighted by atomic mass is 32.1. The van der Waals surface area contributed by atoms with Crippen LogP contribution in [0.15, 0.2) is 41.5 Å². The number of methoxy groups -OCH3 is 3. The van der Waals surface area contributed by atoms with E-state index < -0.39 is 0 Å². The largest absolute Gasteiger partial charge is 0.496 e. The van der Waals surface area contributed by atoms with Gasteiger partial charge in [0.15, 0.2) is 16.6 Å². The number of hydrogen-bond donors (Lipinski definition) is 2. The number of nitrogens with zero attached hydrogens (tertiary/aromatic N) is 1. The maximum atomic E-state index is 5.35. The lowest BCUT2D eigenvalue weighted by Crippen LogP contribution is -2.24. The molecule has 2 aromatic rings. The molecule has 0 saturated carbocycles. The Morgan fingerprint density at radius 1 is 1.00 bits per heavy atom. The summed E-state index contributed by atoms with van der Waals surface area (Å²) >= 11 is 5.25. The van der Waals surface area contributed by atoms with Gasteiger partial charge in [0.1, 0.15) is 5.75 Å². The maximum Gasteiger partial charge on any atom is 0.191 e. The van der Waals surface area contributed by atoms with E-state index in [1.54, 1.807) is 39.7 Å². The minimum Gasteiger partial charge on any atom is -0.496 e. The van der Waals surface area contributed by atoms with Crippen molar-refractivity contribution in [2.75, 3.05) is 26.6 Å². The molecule has 0 radical (unpaired) electrons. The first-order valence-corrected chi connectivity index (χ1v) is 7.95. The number of rotatable bonds is 6. The fourth-order valence-corrected chi connectivity index (χ4v) is 2.34. The van der Waals surface area contributed by atoms with E-state index in [9.17, 15) is 0 Å². The predicted octanol–water partition coefficient (Wildman–Crippen LogP) is 3.34. The Morgan fingerprint density at radius 2 is 1.64 bits per heavy atom. The Bertz CT molecular complexity index is 778. The summed E-state index contributed by atoms with van der Waals surface area (Å²) in [7, 11) is 4.73. The van der Waals surface area contributed by atoms with Crippen LogP contribution in [-0.2, 0) is 0 Å². The zero-order valence-corrected chi connectivity index (χ0v) is 15.4. The van der Waals surface area contributed by atoms with E-state index in [2.05, 4.69) is 15.8 Å². The third-order valence-corrected chi connectivity index (χ3v) is 3.69. The second kappa shape index (κ2) is 8.89. The molecule has 0 saturated heterocycles. The van der Waals surface area contributed by atoms with Crippen molar-refractivity contribution < 1.29 is 14.2 Å². The molecular weight excluding hydrogens is 338 g/mol. The van der Waals surface area contributed by atoms with Gasteiger partial charge in [-0.15, -0.1) is 0 Å². The van der Waals surface area contributed by atoms with E-state index in [0.717, 1.165) is 16.8 Å². The fraction of sp³-hybridized carbons (Fsp3) is 0.222. The van der Waals surface area contributed by atoms with Gasteiger partial charge >= 0.3 is 0 Å². The molecule has 2 rings (SSSR count). The molecule has 0 aliphatic carbocycles. The number of para-hydroxylation sites is 1. The van der Waals surface area contributed by atoms with Gasteiger partial charge in [-0.2, -0.15) is 5.10 Å². The van der Waals surface area contributed by atoms with Gasteiger partial charge in [0.05, 0.1) is 27.5 Å². The Labute approximate surface area is 152 Å². The Balaban J connectivity index is 2.08. The van der Waals surface area contributed by atoms with Crippen molar-refractivity contribution in [1.82, 2.24) is 5.43 Å². The minimum atomic E-state index is 0.394. The number of nitrogens with one attached hydrogen (secondary N) is 2. The lowest BCUT2D eigenvalue weighted by Gasteiger charge is -2.12. The summed E-state index contributed by atoms with van der Waals surface area (Å²) < 4.78 is 15.9. The molecule has 0 aliphatic heterocycles. The van der Waals surface area contributed by atoms with Crippen LogP contribution < -0.4 is 25.0 Å². The average Bonchev–Trinajstić information content (AvgIpc) is 2.63. The molecule has 7 heteroatoms. The van der Waals surface area contributed by atoms with Crippen LogP contribution in [0.25, 0.3) is 0 Å². The average molecular weight is 359 g/mol. The van der Waals surface area contributed by atoms with Gasteiger partial charge in [0.25, 0.3) is 0 Å². The predicted molar refractivity (Wildman–Crippen MR) is 104 cm³/mol. The maximum absolute atomic E-state index is 5.35. The molecule has 0 fully saturated rings. The van der Waals surface area contributed by atoms with Crippen molar-refractivity contribution in [1.29, 1.82) is 0 Å². The van der Waals surface area contributed by atoms with E-state index >= 15 is 0 Å². The number of hydrazone groups is 1. The Hall–Kier alpha value is -2.80. The van der Waals surface area contributed by atoms with Gasteiger partial charge in [-0.25, -0.2) is 0 Å². The molecule has 0 aliphatic rings. The van der Waals surface area contributed by atoms with Crippen LogP contribution in [0.5, 0.6) is 17.2 Å². The summed E-state index contributed by atoms with van der Waals surface area (Å²) in [4.78, 5) is 0. The highest BCUT2D eigenvalue weighted by Gasteiger charge is 2.10. The molecule has 2 N–H and O–H groups in total. The van der Waals surface area contributed by atoms with Gasteiger partial charge in [0.2, 0.25) is 0 Å². The summed E-state index contributed by atoms with van der Waals surface area (Å²) in [5.41, 5.74) is 5.54. The molecule has 6 nitrogen and oxygen atoms in total. The van der Waals surface area contributed by atoms with E-state index in [1.807, 2.05) is 31.2 Å². The highest BCUT2D eigenvalue weighted by molar-refractivity contribution is 7.80. The van der Waals surface area contributed by atoms with Gasteiger partial charge < -0.3 is 19.5 Å². The molecule has 0 spiro atoms. The lowest BCUT2D eigenvalue weighted by molar-refractivity contribution is 0.349. The monoisotopic (exact) mass is 359 g/mol. The first kappa shape index (κ1) is 18.5. The zero-order valence-electron chi connectivity index (χ0n) is 14.6. The quantitative estimate of drug-likeness (QED) is 0.469. The van der Waals surface area contributed by atoms with Crippen LogP contribution in [-0.4, -0.2) is 32.7 Å². The summed E-state index contributed by atoms with van der Waals surface area (Å²) in [6.45, 7) is 2.00. The third kappa shape index (κ3) is 4.84. The van der Waals surface area contributed by atoms with Gasteiger partial charge in [-0.1, -0.05) is 18.2 Å². The topological polar surface area (TPSA) is 64.1 Å². The molecule has 25 heavy (non-hydrogen) atoms. The number of benzene rings is 2.